The molecule has 32 heavy (non-hydrogen) atoms. The van der Waals surface area contributed by atoms with E-state index < -0.39 is 36.7 Å². The maximum atomic E-state index is 12.2. The lowest BCUT2D eigenvalue weighted by Gasteiger charge is -2.18. The molecule has 4 unspecified atom stereocenters. The van der Waals surface area contributed by atoms with Crippen LogP contribution in [-0.2, 0) is 4.74 Å². The summed E-state index contributed by atoms with van der Waals surface area (Å²) in [5, 5.41) is 44.0. The number of aromatic amines is 1. The van der Waals surface area contributed by atoms with Crippen molar-refractivity contribution in [2.24, 2.45) is 5.10 Å². The predicted molar refractivity (Wildman–Crippen MR) is 112 cm³/mol. The summed E-state index contributed by atoms with van der Waals surface area (Å²) in [6.07, 6.45) is -2.43. The third-order valence-electron chi connectivity index (χ3n) is 4.92. The van der Waals surface area contributed by atoms with Crippen LogP contribution in [0.15, 0.2) is 34.4 Å². The summed E-state index contributed by atoms with van der Waals surface area (Å²) >= 11 is 0. The zero-order chi connectivity index (χ0) is 22.8. The molecule has 1 aliphatic heterocycles. The van der Waals surface area contributed by atoms with Crippen molar-refractivity contribution in [1.82, 2.24) is 19.5 Å². The fraction of sp³-hybridized carbons (Fsp3) is 0.368. The van der Waals surface area contributed by atoms with Crippen LogP contribution in [0.4, 0.5) is 5.95 Å². The topological polar surface area (TPSA) is 187 Å². The second kappa shape index (κ2) is 8.92. The lowest BCUT2D eigenvalue weighted by Crippen LogP contribution is -2.33. The number of imidazole rings is 1. The fourth-order valence-corrected chi connectivity index (χ4v) is 3.39. The molecule has 1 fully saturated rings. The predicted octanol–water partition coefficient (Wildman–Crippen LogP) is -0.719. The lowest BCUT2D eigenvalue weighted by molar-refractivity contribution is -0.0501. The van der Waals surface area contributed by atoms with Gasteiger partial charge in [-0.15, -0.1) is 0 Å². The molecule has 1 aliphatic rings. The van der Waals surface area contributed by atoms with E-state index in [1.54, 1.807) is 19.1 Å². The van der Waals surface area contributed by atoms with E-state index >= 15 is 0 Å². The number of hydrazone groups is 1. The fourth-order valence-electron chi connectivity index (χ4n) is 3.39. The monoisotopic (exact) mass is 446 g/mol. The molecular weight excluding hydrogens is 424 g/mol. The Kier molecular flexibility index (Phi) is 6.05. The van der Waals surface area contributed by atoms with Gasteiger partial charge in [0.05, 0.1) is 25.8 Å². The van der Waals surface area contributed by atoms with E-state index in [1.807, 2.05) is 0 Å². The number of aliphatic hydroxyl groups excluding tert-OH is 3. The van der Waals surface area contributed by atoms with E-state index in [0.29, 0.717) is 17.9 Å². The minimum absolute atomic E-state index is 0.00504. The minimum atomic E-state index is -1.42. The molecule has 6 N–H and O–H groups in total. The molecule has 3 aromatic rings. The molecule has 13 nitrogen and oxygen atoms in total. The molecule has 0 aliphatic carbocycles. The van der Waals surface area contributed by atoms with Crippen molar-refractivity contribution in [3.63, 3.8) is 0 Å². The number of aromatic hydroxyl groups is 1. The highest BCUT2D eigenvalue weighted by Gasteiger charge is 2.45. The first-order valence-corrected chi connectivity index (χ1v) is 9.77. The average molecular weight is 446 g/mol. The number of phenols is 1. The van der Waals surface area contributed by atoms with E-state index in [0.717, 1.165) is 0 Å². The molecule has 2 aromatic heterocycles. The van der Waals surface area contributed by atoms with Gasteiger partial charge in [0.25, 0.3) is 5.56 Å². The van der Waals surface area contributed by atoms with Crippen molar-refractivity contribution >= 4 is 23.3 Å². The van der Waals surface area contributed by atoms with Crippen LogP contribution >= 0.6 is 0 Å². The van der Waals surface area contributed by atoms with Crippen LogP contribution in [0.3, 0.4) is 0 Å². The van der Waals surface area contributed by atoms with Gasteiger partial charge in [-0.3, -0.25) is 9.36 Å². The Hall–Kier alpha value is -3.52. The van der Waals surface area contributed by atoms with Gasteiger partial charge in [-0.1, -0.05) is 0 Å². The molecule has 1 aromatic carbocycles. The number of aliphatic hydroxyl groups is 3. The van der Waals surface area contributed by atoms with Crippen LogP contribution in [0.2, 0.25) is 0 Å². The van der Waals surface area contributed by atoms with E-state index in [-0.39, 0.29) is 22.9 Å². The first-order valence-electron chi connectivity index (χ1n) is 9.77. The highest BCUT2D eigenvalue weighted by Crippen LogP contribution is 2.33. The third-order valence-corrected chi connectivity index (χ3v) is 4.92. The number of aromatic nitrogens is 4. The smallest absolute Gasteiger partial charge is 0.278 e. The van der Waals surface area contributed by atoms with Gasteiger partial charge < -0.3 is 34.9 Å². The van der Waals surface area contributed by atoms with Gasteiger partial charge in [-0.2, -0.15) is 5.10 Å². The van der Waals surface area contributed by atoms with Crippen LogP contribution in [-0.4, -0.2) is 77.7 Å². The number of nitrogens with zero attached hydrogens (tertiary/aromatic N) is 4. The quantitative estimate of drug-likeness (QED) is 0.200. The molecule has 4 rings (SSSR count). The molecule has 13 heteroatoms. The molecule has 0 spiro atoms. The highest BCUT2D eigenvalue weighted by molar-refractivity contribution is 5.81. The number of benzene rings is 1. The number of rotatable bonds is 7. The number of hydrogen-bond donors (Lipinski definition) is 6. The van der Waals surface area contributed by atoms with E-state index in [9.17, 15) is 25.2 Å². The molecule has 1 saturated heterocycles. The van der Waals surface area contributed by atoms with Crippen LogP contribution in [0.25, 0.3) is 11.2 Å². The summed E-state index contributed by atoms with van der Waals surface area (Å²) < 4.78 is 12.1. The Morgan fingerprint density at radius 1 is 1.38 bits per heavy atom. The molecular formula is C19H22N6O7. The number of ether oxygens (including phenoxy) is 2. The van der Waals surface area contributed by atoms with Gasteiger partial charge in [-0.25, -0.2) is 15.4 Å². The highest BCUT2D eigenvalue weighted by atomic mass is 16.6. The second-order valence-electron chi connectivity index (χ2n) is 6.97. The number of H-pyrrole nitrogens is 1. The molecule has 0 bridgehead atoms. The Bertz CT molecular complexity index is 1190. The number of nitrogens with one attached hydrogen (secondary N) is 2. The molecule has 170 valence electrons. The van der Waals surface area contributed by atoms with Gasteiger partial charge in [-0.05, 0) is 30.7 Å². The third kappa shape index (κ3) is 3.89. The maximum absolute atomic E-state index is 12.2. The minimum Gasteiger partial charge on any atom is -0.504 e. The van der Waals surface area contributed by atoms with E-state index in [1.165, 1.54) is 23.2 Å². The molecule has 0 saturated carbocycles. The average Bonchev–Trinajstić information content (AvgIpc) is 3.28. The number of anilines is 1. The summed E-state index contributed by atoms with van der Waals surface area (Å²) in [6, 6.07) is 4.73. The van der Waals surface area contributed by atoms with Crippen molar-refractivity contribution < 1.29 is 29.9 Å². The summed E-state index contributed by atoms with van der Waals surface area (Å²) in [6.45, 7) is 1.70. The summed E-state index contributed by atoms with van der Waals surface area (Å²) in [5.74, 6) is 0.296. The van der Waals surface area contributed by atoms with Crippen molar-refractivity contribution in [3.8, 4) is 11.5 Å². The van der Waals surface area contributed by atoms with Crippen molar-refractivity contribution in [1.29, 1.82) is 0 Å². The lowest BCUT2D eigenvalue weighted by atomic mass is 10.1. The van der Waals surface area contributed by atoms with Gasteiger partial charge in [0.2, 0.25) is 5.95 Å². The van der Waals surface area contributed by atoms with Gasteiger partial charge >= 0.3 is 0 Å². The largest absolute Gasteiger partial charge is 0.504 e. The van der Waals surface area contributed by atoms with Crippen molar-refractivity contribution in [2.75, 3.05) is 18.6 Å². The van der Waals surface area contributed by atoms with Crippen molar-refractivity contribution in [3.05, 3.63) is 40.4 Å². The van der Waals surface area contributed by atoms with E-state index in [4.69, 9.17) is 9.47 Å². The summed E-state index contributed by atoms with van der Waals surface area (Å²) in [7, 11) is 0. The number of hydrogen-bond acceptors (Lipinski definition) is 11. The van der Waals surface area contributed by atoms with Gasteiger partial charge in [0.15, 0.2) is 28.9 Å². The SMILES string of the molecule is CCOc1ccc(/C=N/Nc2nc3c(=O)[nH]cnc3n2C2OC(CO)C(O)C2O)cc1O. The van der Waals surface area contributed by atoms with Crippen LogP contribution in [0, 0.1) is 0 Å². The van der Waals surface area contributed by atoms with Crippen LogP contribution in [0.1, 0.15) is 18.7 Å². The summed E-state index contributed by atoms with van der Waals surface area (Å²) in [4.78, 5) is 22.9. The normalized spacial score (nSPS) is 23.2. The Morgan fingerprint density at radius 2 is 2.19 bits per heavy atom. The molecule has 3 heterocycles. The maximum Gasteiger partial charge on any atom is 0.278 e. The van der Waals surface area contributed by atoms with Crippen LogP contribution < -0.4 is 15.7 Å². The Balaban J connectivity index is 1.66. The molecule has 4 atom stereocenters. The first kappa shape index (κ1) is 21.7. The van der Waals surface area contributed by atoms with Crippen molar-refractivity contribution in [2.45, 2.75) is 31.5 Å². The number of fused-ring (bicyclic) bond motifs is 1. The molecule has 0 amide bonds. The zero-order valence-corrected chi connectivity index (χ0v) is 16.9. The van der Waals surface area contributed by atoms with Gasteiger partial charge in [0.1, 0.15) is 18.3 Å². The zero-order valence-electron chi connectivity index (χ0n) is 16.9. The van der Waals surface area contributed by atoms with E-state index in [2.05, 4.69) is 25.5 Å². The van der Waals surface area contributed by atoms with Gasteiger partial charge in [0, 0.05) is 0 Å². The standard InChI is InChI=1S/C19H22N6O7/c1-2-31-11-4-3-9(5-10(11)27)6-22-24-19-23-13-16(20-8-21-17(13)30)25(19)18-15(29)14(28)12(7-26)32-18/h3-6,8,12,14-15,18,26-29H,2,7H2,1H3,(H,23,24)(H,20,21,30)/b22-6+. The molecule has 0 radical (unpaired) electrons. The number of phenolic OH excluding ortho intramolecular Hbond substituents is 1. The summed E-state index contributed by atoms with van der Waals surface area (Å²) in [5.41, 5.74) is 2.73. The first-order chi connectivity index (χ1) is 15.4. The second-order valence-corrected chi connectivity index (χ2v) is 6.97. The Morgan fingerprint density at radius 3 is 2.88 bits per heavy atom. The Labute approximate surface area is 180 Å². The van der Waals surface area contributed by atoms with Crippen LogP contribution in [0.5, 0.6) is 11.5 Å².